The molecule has 2 rings (SSSR count). The van der Waals surface area contributed by atoms with E-state index in [0.29, 0.717) is 0 Å². The summed E-state index contributed by atoms with van der Waals surface area (Å²) in [5.74, 6) is 1.08. The van der Waals surface area contributed by atoms with Gasteiger partial charge in [-0.2, -0.15) is 0 Å². The van der Waals surface area contributed by atoms with Gasteiger partial charge in [0, 0.05) is 25.5 Å². The molecule has 3 heteroatoms. The lowest BCUT2D eigenvalue weighted by Crippen LogP contribution is -2.25. The van der Waals surface area contributed by atoms with Crippen LogP contribution >= 0.6 is 0 Å². The Balaban J connectivity index is 2.16. The normalized spacial score (nSPS) is 17.9. The second kappa shape index (κ2) is 4.40. The van der Waals surface area contributed by atoms with Crippen LogP contribution in [0, 0.1) is 6.92 Å². The molecule has 0 N–H and O–H groups in total. The monoisotopic (exact) mass is 191 g/mol. The largest absolute Gasteiger partial charge is 0.355 e. The molecule has 0 atom stereocenters. The van der Waals surface area contributed by atoms with Crippen molar-refractivity contribution in [2.24, 2.45) is 0 Å². The highest BCUT2D eigenvalue weighted by Crippen LogP contribution is 2.18. The van der Waals surface area contributed by atoms with Gasteiger partial charge >= 0.3 is 0 Å². The van der Waals surface area contributed by atoms with Crippen molar-refractivity contribution in [1.82, 2.24) is 9.97 Å². The van der Waals surface area contributed by atoms with Crippen LogP contribution < -0.4 is 4.90 Å². The number of hydrogen-bond acceptors (Lipinski definition) is 3. The lowest BCUT2D eigenvalue weighted by molar-refractivity contribution is 0.726. The summed E-state index contributed by atoms with van der Waals surface area (Å²) < 4.78 is 0. The summed E-state index contributed by atoms with van der Waals surface area (Å²) in [5, 5.41) is 0. The van der Waals surface area contributed by atoms with Crippen LogP contribution in [0.15, 0.2) is 12.4 Å². The average molecular weight is 191 g/mol. The quantitative estimate of drug-likeness (QED) is 0.681. The summed E-state index contributed by atoms with van der Waals surface area (Å²) >= 11 is 0. The number of hydrogen-bond donors (Lipinski definition) is 0. The van der Waals surface area contributed by atoms with E-state index in [4.69, 9.17) is 0 Å². The van der Waals surface area contributed by atoms with Crippen LogP contribution in [-0.2, 0) is 0 Å². The molecule has 0 bridgehead atoms. The van der Waals surface area contributed by atoms with E-state index in [1.165, 1.54) is 25.7 Å². The van der Waals surface area contributed by atoms with Crippen molar-refractivity contribution in [2.75, 3.05) is 18.0 Å². The van der Waals surface area contributed by atoms with Crippen molar-refractivity contribution in [3.05, 3.63) is 18.1 Å². The fourth-order valence-electron chi connectivity index (χ4n) is 1.99. The SMILES string of the molecule is Cc1nccnc1N1CCCCCC1. The minimum absolute atomic E-state index is 1.05. The lowest BCUT2D eigenvalue weighted by Gasteiger charge is -2.22. The molecule has 3 nitrogen and oxygen atoms in total. The van der Waals surface area contributed by atoms with Crippen molar-refractivity contribution in [3.63, 3.8) is 0 Å². The molecule has 1 saturated heterocycles. The third-order valence-corrected chi connectivity index (χ3v) is 2.76. The summed E-state index contributed by atoms with van der Waals surface area (Å²) in [5.41, 5.74) is 1.05. The molecule has 0 saturated carbocycles. The number of aryl methyl sites for hydroxylation is 1. The molecule has 0 spiro atoms. The number of aromatic nitrogens is 2. The van der Waals surface area contributed by atoms with Crippen LogP contribution in [0.4, 0.5) is 5.82 Å². The first kappa shape index (κ1) is 9.44. The van der Waals surface area contributed by atoms with Gasteiger partial charge in [-0.3, -0.25) is 4.98 Å². The Hall–Kier alpha value is -1.12. The summed E-state index contributed by atoms with van der Waals surface area (Å²) in [7, 11) is 0. The molecular formula is C11H17N3. The summed E-state index contributed by atoms with van der Waals surface area (Å²) in [4.78, 5) is 11.1. The van der Waals surface area contributed by atoms with Crippen LogP contribution in [0.1, 0.15) is 31.4 Å². The molecule has 2 heterocycles. The van der Waals surface area contributed by atoms with Crippen molar-refractivity contribution >= 4 is 5.82 Å². The molecule has 0 aliphatic carbocycles. The topological polar surface area (TPSA) is 29.0 Å². The smallest absolute Gasteiger partial charge is 0.150 e. The van der Waals surface area contributed by atoms with Crippen LogP contribution in [0.5, 0.6) is 0 Å². The van der Waals surface area contributed by atoms with Crippen LogP contribution in [0.3, 0.4) is 0 Å². The van der Waals surface area contributed by atoms with Crippen LogP contribution in [0.25, 0.3) is 0 Å². The highest BCUT2D eigenvalue weighted by molar-refractivity contribution is 5.42. The van der Waals surface area contributed by atoms with Crippen molar-refractivity contribution in [3.8, 4) is 0 Å². The first-order chi connectivity index (χ1) is 6.88. The van der Waals surface area contributed by atoms with E-state index in [9.17, 15) is 0 Å². The predicted molar refractivity (Wildman–Crippen MR) is 57.5 cm³/mol. The van der Waals surface area contributed by atoms with E-state index in [1.807, 2.05) is 6.92 Å². The van der Waals surface area contributed by atoms with Crippen LogP contribution in [0.2, 0.25) is 0 Å². The Labute approximate surface area is 85.2 Å². The number of rotatable bonds is 1. The average Bonchev–Trinajstić information content (AvgIpc) is 2.47. The lowest BCUT2D eigenvalue weighted by atomic mass is 10.2. The fraction of sp³-hybridized carbons (Fsp3) is 0.636. The zero-order chi connectivity index (χ0) is 9.80. The minimum Gasteiger partial charge on any atom is -0.355 e. The number of anilines is 1. The van der Waals surface area contributed by atoms with E-state index in [-0.39, 0.29) is 0 Å². The van der Waals surface area contributed by atoms with Gasteiger partial charge in [-0.05, 0) is 19.8 Å². The predicted octanol–water partition coefficient (Wildman–Crippen LogP) is 2.17. The Morgan fingerprint density at radius 3 is 2.29 bits per heavy atom. The van der Waals surface area contributed by atoms with Crippen molar-refractivity contribution in [2.45, 2.75) is 32.6 Å². The standard InChI is InChI=1S/C11H17N3/c1-10-11(13-7-6-12-10)14-8-4-2-3-5-9-14/h6-7H,2-5,8-9H2,1H3. The molecule has 1 fully saturated rings. The molecule has 0 aromatic carbocycles. The molecule has 1 aromatic heterocycles. The van der Waals surface area contributed by atoms with Gasteiger partial charge in [0.2, 0.25) is 0 Å². The maximum atomic E-state index is 4.41. The second-order valence-electron chi connectivity index (χ2n) is 3.87. The molecule has 76 valence electrons. The van der Waals surface area contributed by atoms with Gasteiger partial charge in [-0.15, -0.1) is 0 Å². The maximum Gasteiger partial charge on any atom is 0.150 e. The zero-order valence-corrected chi connectivity index (χ0v) is 8.74. The van der Waals surface area contributed by atoms with E-state index < -0.39 is 0 Å². The summed E-state index contributed by atoms with van der Waals surface area (Å²) in [6.45, 7) is 4.31. The summed E-state index contributed by atoms with van der Waals surface area (Å²) in [6.07, 6.45) is 8.83. The second-order valence-corrected chi connectivity index (χ2v) is 3.87. The van der Waals surface area contributed by atoms with Crippen molar-refractivity contribution in [1.29, 1.82) is 0 Å². The first-order valence-electron chi connectivity index (χ1n) is 5.40. The molecule has 14 heavy (non-hydrogen) atoms. The van der Waals surface area contributed by atoms with Gasteiger partial charge in [0.1, 0.15) is 5.82 Å². The maximum absolute atomic E-state index is 4.41. The van der Waals surface area contributed by atoms with E-state index in [1.54, 1.807) is 12.4 Å². The van der Waals surface area contributed by atoms with E-state index in [0.717, 1.165) is 24.6 Å². The Bertz CT molecular complexity index is 290. The Kier molecular flexibility index (Phi) is 2.96. The van der Waals surface area contributed by atoms with Gasteiger partial charge in [0.05, 0.1) is 5.69 Å². The Morgan fingerprint density at radius 2 is 1.64 bits per heavy atom. The molecule has 0 amide bonds. The van der Waals surface area contributed by atoms with Crippen molar-refractivity contribution < 1.29 is 0 Å². The van der Waals surface area contributed by atoms with Gasteiger partial charge in [-0.1, -0.05) is 12.8 Å². The number of nitrogens with zero attached hydrogens (tertiary/aromatic N) is 3. The molecular weight excluding hydrogens is 174 g/mol. The van der Waals surface area contributed by atoms with E-state index >= 15 is 0 Å². The third-order valence-electron chi connectivity index (χ3n) is 2.76. The molecule has 0 radical (unpaired) electrons. The van der Waals surface area contributed by atoms with Gasteiger partial charge in [-0.25, -0.2) is 4.98 Å². The van der Waals surface area contributed by atoms with Gasteiger partial charge in [0.25, 0.3) is 0 Å². The highest BCUT2D eigenvalue weighted by Gasteiger charge is 2.12. The van der Waals surface area contributed by atoms with Crippen LogP contribution in [-0.4, -0.2) is 23.1 Å². The minimum atomic E-state index is 1.05. The van der Waals surface area contributed by atoms with Gasteiger partial charge in [0.15, 0.2) is 0 Å². The highest BCUT2D eigenvalue weighted by atomic mass is 15.2. The summed E-state index contributed by atoms with van der Waals surface area (Å²) in [6, 6.07) is 0. The molecule has 1 aliphatic rings. The van der Waals surface area contributed by atoms with Gasteiger partial charge < -0.3 is 4.90 Å². The van der Waals surface area contributed by atoms with E-state index in [2.05, 4.69) is 14.9 Å². The fourth-order valence-corrected chi connectivity index (χ4v) is 1.99. The Morgan fingerprint density at radius 1 is 1.00 bits per heavy atom. The zero-order valence-electron chi connectivity index (χ0n) is 8.74. The molecule has 1 aliphatic heterocycles. The third kappa shape index (κ3) is 2.03. The molecule has 0 unspecified atom stereocenters. The first-order valence-corrected chi connectivity index (χ1v) is 5.40. The molecule has 1 aromatic rings.